The first kappa shape index (κ1) is 27.4. The number of carbonyl (C=O) groups is 4. The van der Waals surface area contributed by atoms with Crippen molar-refractivity contribution in [3.05, 3.63) is 59.2 Å². The zero-order chi connectivity index (χ0) is 27.6. The SMILES string of the molecule is COC(=O)c1ccc(N2C(=O)N(CC(=O)Nc3c(C(C)C)cccc3C(C)C)C(=O)C23CCCCC3)cc1. The second kappa shape index (κ2) is 11.0. The van der Waals surface area contributed by atoms with Crippen molar-refractivity contribution < 1.29 is 23.9 Å². The molecule has 1 saturated carbocycles. The molecular formula is C30H37N3O5. The minimum absolute atomic E-state index is 0.188. The van der Waals surface area contributed by atoms with Crippen LogP contribution in [0.2, 0.25) is 0 Å². The standard InChI is InChI=1S/C30H37N3O5/c1-19(2)23-10-9-11-24(20(3)4)26(23)31-25(34)18-32-28(36)30(16-7-6-8-17-30)33(29(32)37)22-14-12-21(13-15-22)27(35)38-5/h9-15,19-20H,6-8,16-18H2,1-5H3,(H,31,34). The monoisotopic (exact) mass is 519 g/mol. The van der Waals surface area contributed by atoms with E-state index in [0.29, 0.717) is 24.1 Å². The van der Waals surface area contributed by atoms with Gasteiger partial charge in [0.2, 0.25) is 5.91 Å². The first-order chi connectivity index (χ1) is 18.1. The largest absolute Gasteiger partial charge is 0.465 e. The van der Waals surface area contributed by atoms with E-state index in [0.717, 1.165) is 41.0 Å². The van der Waals surface area contributed by atoms with Gasteiger partial charge in [-0.05, 0) is 60.1 Å². The summed E-state index contributed by atoms with van der Waals surface area (Å²) in [5.41, 5.74) is 2.63. The Morgan fingerprint density at radius 1 is 0.921 bits per heavy atom. The molecule has 2 aliphatic rings. The van der Waals surface area contributed by atoms with Crippen LogP contribution in [0.15, 0.2) is 42.5 Å². The highest BCUT2D eigenvalue weighted by Crippen LogP contribution is 2.43. The van der Waals surface area contributed by atoms with E-state index in [2.05, 4.69) is 33.0 Å². The summed E-state index contributed by atoms with van der Waals surface area (Å²) in [7, 11) is 1.31. The van der Waals surface area contributed by atoms with Gasteiger partial charge in [-0.3, -0.25) is 19.4 Å². The molecule has 1 N–H and O–H groups in total. The molecular weight excluding hydrogens is 482 g/mol. The van der Waals surface area contributed by atoms with Gasteiger partial charge in [-0.15, -0.1) is 0 Å². The van der Waals surface area contributed by atoms with Crippen molar-refractivity contribution in [2.75, 3.05) is 23.9 Å². The highest BCUT2D eigenvalue weighted by Gasteiger charge is 2.58. The summed E-state index contributed by atoms with van der Waals surface area (Å²) in [5, 5.41) is 3.03. The second-order valence-corrected chi connectivity index (χ2v) is 10.8. The van der Waals surface area contributed by atoms with Crippen molar-refractivity contribution in [1.29, 1.82) is 0 Å². The predicted octanol–water partition coefficient (Wildman–Crippen LogP) is 5.83. The van der Waals surface area contributed by atoms with E-state index in [1.165, 1.54) is 12.0 Å². The minimum atomic E-state index is -1.03. The molecule has 1 aliphatic heterocycles. The number of carbonyl (C=O) groups excluding carboxylic acids is 4. The van der Waals surface area contributed by atoms with Crippen molar-refractivity contribution in [2.45, 2.75) is 77.2 Å². The fourth-order valence-corrected chi connectivity index (χ4v) is 5.69. The maximum absolute atomic E-state index is 13.8. The zero-order valence-corrected chi connectivity index (χ0v) is 22.9. The van der Waals surface area contributed by atoms with E-state index >= 15 is 0 Å². The number of ether oxygens (including phenoxy) is 1. The summed E-state index contributed by atoms with van der Waals surface area (Å²) in [5.74, 6) is -0.847. The van der Waals surface area contributed by atoms with E-state index in [1.807, 2.05) is 18.2 Å². The van der Waals surface area contributed by atoms with Gasteiger partial charge in [-0.1, -0.05) is 65.2 Å². The maximum Gasteiger partial charge on any atom is 0.337 e. The minimum Gasteiger partial charge on any atom is -0.465 e. The molecule has 2 aromatic carbocycles. The normalized spacial score (nSPS) is 17.0. The fraction of sp³-hybridized carbons (Fsp3) is 0.467. The Morgan fingerprint density at radius 2 is 1.50 bits per heavy atom. The van der Waals surface area contributed by atoms with E-state index < -0.39 is 23.4 Å². The topological polar surface area (TPSA) is 96.0 Å². The van der Waals surface area contributed by atoms with Gasteiger partial charge < -0.3 is 10.1 Å². The Bertz CT molecular complexity index is 1200. The lowest BCUT2D eigenvalue weighted by molar-refractivity contribution is -0.134. The Balaban J connectivity index is 1.64. The van der Waals surface area contributed by atoms with Crippen LogP contribution in [0.25, 0.3) is 0 Å². The molecule has 2 fully saturated rings. The van der Waals surface area contributed by atoms with Gasteiger partial charge in [0.05, 0.1) is 12.7 Å². The number of benzene rings is 2. The van der Waals surface area contributed by atoms with Crippen molar-refractivity contribution in [3.8, 4) is 0 Å². The van der Waals surface area contributed by atoms with Crippen LogP contribution >= 0.6 is 0 Å². The van der Waals surface area contributed by atoms with Gasteiger partial charge in [0.1, 0.15) is 12.1 Å². The number of methoxy groups -OCH3 is 1. The van der Waals surface area contributed by atoms with Crippen LogP contribution in [0.4, 0.5) is 16.2 Å². The molecule has 2 aromatic rings. The van der Waals surface area contributed by atoms with Gasteiger partial charge in [-0.25, -0.2) is 9.59 Å². The molecule has 1 heterocycles. The number of imide groups is 1. The van der Waals surface area contributed by atoms with Gasteiger partial charge in [0.15, 0.2) is 0 Å². The van der Waals surface area contributed by atoms with Gasteiger partial charge in [-0.2, -0.15) is 0 Å². The Hall–Kier alpha value is -3.68. The molecule has 0 radical (unpaired) electrons. The lowest BCUT2D eigenvalue weighted by atomic mass is 9.80. The number of urea groups is 1. The maximum atomic E-state index is 13.8. The van der Waals surface area contributed by atoms with Crippen molar-refractivity contribution in [2.24, 2.45) is 0 Å². The molecule has 8 heteroatoms. The third kappa shape index (κ3) is 4.91. The fourth-order valence-electron chi connectivity index (χ4n) is 5.69. The van der Waals surface area contributed by atoms with Gasteiger partial charge >= 0.3 is 12.0 Å². The lowest BCUT2D eigenvalue weighted by Gasteiger charge is -2.38. The molecule has 1 saturated heterocycles. The highest BCUT2D eigenvalue weighted by molar-refractivity contribution is 6.18. The quantitative estimate of drug-likeness (QED) is 0.367. The first-order valence-corrected chi connectivity index (χ1v) is 13.4. The molecule has 0 atom stereocenters. The van der Waals surface area contributed by atoms with Crippen LogP contribution < -0.4 is 10.2 Å². The number of hydrogen-bond acceptors (Lipinski definition) is 5. The lowest BCUT2D eigenvalue weighted by Crippen LogP contribution is -2.51. The van der Waals surface area contributed by atoms with Crippen LogP contribution in [-0.2, 0) is 14.3 Å². The number of anilines is 2. The summed E-state index contributed by atoms with van der Waals surface area (Å²) in [6, 6.07) is 12.0. The number of rotatable bonds is 7. The van der Waals surface area contributed by atoms with Crippen LogP contribution in [-0.4, -0.2) is 47.9 Å². The number of nitrogens with zero attached hydrogens (tertiary/aromatic N) is 2. The van der Waals surface area contributed by atoms with Crippen LogP contribution in [0.5, 0.6) is 0 Å². The third-order valence-corrected chi connectivity index (χ3v) is 7.66. The second-order valence-electron chi connectivity index (χ2n) is 10.8. The molecule has 4 rings (SSSR count). The summed E-state index contributed by atoms with van der Waals surface area (Å²) in [6.45, 7) is 7.91. The van der Waals surface area contributed by atoms with Gasteiger partial charge in [0, 0.05) is 11.4 Å². The third-order valence-electron chi connectivity index (χ3n) is 7.66. The summed E-state index contributed by atoms with van der Waals surface area (Å²) >= 11 is 0. The average molecular weight is 520 g/mol. The molecule has 202 valence electrons. The first-order valence-electron chi connectivity index (χ1n) is 13.4. The van der Waals surface area contributed by atoms with Crippen molar-refractivity contribution >= 4 is 35.2 Å². The highest BCUT2D eigenvalue weighted by atomic mass is 16.5. The summed E-state index contributed by atoms with van der Waals surface area (Å²) in [4.78, 5) is 55.5. The van der Waals surface area contributed by atoms with Crippen LogP contribution in [0, 0.1) is 0 Å². The average Bonchev–Trinajstić information content (AvgIpc) is 3.09. The summed E-state index contributed by atoms with van der Waals surface area (Å²) < 4.78 is 4.78. The van der Waals surface area contributed by atoms with Crippen LogP contribution in [0.1, 0.15) is 93.1 Å². The molecule has 0 unspecified atom stereocenters. The molecule has 1 aliphatic carbocycles. The molecule has 1 spiro atoms. The number of nitrogens with one attached hydrogen (secondary N) is 1. The molecule has 8 nitrogen and oxygen atoms in total. The smallest absolute Gasteiger partial charge is 0.337 e. The van der Waals surface area contributed by atoms with Gasteiger partial charge in [0.25, 0.3) is 5.91 Å². The molecule has 38 heavy (non-hydrogen) atoms. The number of hydrogen-bond donors (Lipinski definition) is 1. The Kier molecular flexibility index (Phi) is 7.90. The Morgan fingerprint density at radius 3 is 2.03 bits per heavy atom. The number of amides is 4. The Labute approximate surface area is 224 Å². The number of para-hydroxylation sites is 1. The molecule has 0 aromatic heterocycles. The van der Waals surface area contributed by atoms with E-state index in [1.54, 1.807) is 24.3 Å². The molecule has 0 bridgehead atoms. The number of esters is 1. The predicted molar refractivity (Wildman–Crippen MR) is 146 cm³/mol. The summed E-state index contributed by atoms with van der Waals surface area (Å²) in [6.07, 6.45) is 3.68. The van der Waals surface area contributed by atoms with Crippen molar-refractivity contribution in [1.82, 2.24) is 4.90 Å². The van der Waals surface area contributed by atoms with E-state index in [-0.39, 0.29) is 24.3 Å². The van der Waals surface area contributed by atoms with E-state index in [4.69, 9.17) is 4.74 Å². The van der Waals surface area contributed by atoms with E-state index in [9.17, 15) is 19.2 Å². The van der Waals surface area contributed by atoms with Crippen LogP contribution in [0.3, 0.4) is 0 Å². The molecule has 4 amide bonds. The zero-order valence-electron chi connectivity index (χ0n) is 22.9. The van der Waals surface area contributed by atoms with Crippen molar-refractivity contribution in [3.63, 3.8) is 0 Å².